The fraction of sp³-hybridized carbons (Fsp3) is 0.308. The molecule has 0 saturated carbocycles. The number of fused-ring (bicyclic) bond motifs is 1. The molecule has 1 saturated heterocycles. The van der Waals surface area contributed by atoms with Crippen molar-refractivity contribution in [3.8, 4) is 22.5 Å². The van der Waals surface area contributed by atoms with Crippen LogP contribution in [-0.2, 0) is 0 Å². The molecule has 4 aromatic rings. The number of thiophene rings is 1. The maximum atomic E-state index is 14.0. The van der Waals surface area contributed by atoms with E-state index in [9.17, 15) is 4.79 Å². The summed E-state index contributed by atoms with van der Waals surface area (Å²) in [5, 5.41) is 2.84. The van der Waals surface area contributed by atoms with E-state index in [1.165, 1.54) is 11.1 Å². The van der Waals surface area contributed by atoms with Gasteiger partial charge in [0.25, 0.3) is 5.56 Å². The van der Waals surface area contributed by atoms with Crippen molar-refractivity contribution < 1.29 is 0 Å². The van der Waals surface area contributed by atoms with Crippen LogP contribution in [0.2, 0.25) is 0 Å². The number of aromatic nitrogens is 2. The van der Waals surface area contributed by atoms with Crippen LogP contribution in [0.15, 0.2) is 58.7 Å². The molecule has 0 N–H and O–H groups in total. The fourth-order valence-electron chi connectivity index (χ4n) is 4.45. The zero-order chi connectivity index (χ0) is 21.5. The van der Waals surface area contributed by atoms with E-state index in [2.05, 4.69) is 79.7 Å². The predicted molar refractivity (Wildman–Crippen MR) is 130 cm³/mol. The second kappa shape index (κ2) is 8.06. The molecule has 5 rings (SSSR count). The first-order chi connectivity index (χ1) is 15.0. The summed E-state index contributed by atoms with van der Waals surface area (Å²) >= 11 is 1.56. The van der Waals surface area contributed by atoms with Gasteiger partial charge in [0.2, 0.25) is 0 Å². The average molecular weight is 430 g/mol. The number of hydrogen-bond acceptors (Lipinski definition) is 4. The first-order valence-electron chi connectivity index (χ1n) is 10.9. The highest BCUT2D eigenvalue weighted by molar-refractivity contribution is 7.17. The third-order valence-corrected chi connectivity index (χ3v) is 7.24. The number of aryl methyl sites for hydroxylation is 2. The number of benzene rings is 2. The molecule has 0 spiro atoms. The smallest absolute Gasteiger partial charge is 0.263 e. The van der Waals surface area contributed by atoms with Crippen molar-refractivity contribution in [3.63, 3.8) is 0 Å². The van der Waals surface area contributed by atoms with Crippen LogP contribution in [-0.4, -0.2) is 34.6 Å². The molecule has 0 atom stereocenters. The number of rotatable bonds is 3. The van der Waals surface area contributed by atoms with Crippen LogP contribution in [0.25, 0.3) is 32.7 Å². The van der Waals surface area contributed by atoms with Crippen LogP contribution in [0.5, 0.6) is 0 Å². The molecule has 0 bridgehead atoms. The van der Waals surface area contributed by atoms with Crippen LogP contribution in [0.1, 0.15) is 30.0 Å². The van der Waals surface area contributed by atoms with E-state index in [0.717, 1.165) is 58.7 Å². The normalized spacial score (nSPS) is 15.6. The summed E-state index contributed by atoms with van der Waals surface area (Å²) in [4.78, 5) is 22.2. The van der Waals surface area contributed by atoms with Gasteiger partial charge in [-0.25, -0.2) is 4.98 Å². The van der Waals surface area contributed by atoms with Crippen molar-refractivity contribution in [1.82, 2.24) is 14.5 Å². The summed E-state index contributed by atoms with van der Waals surface area (Å²) < 4.78 is 1.99. The summed E-state index contributed by atoms with van der Waals surface area (Å²) in [6, 6.07) is 16.9. The number of piperidine rings is 1. The minimum atomic E-state index is 0.0898. The monoisotopic (exact) mass is 429 g/mol. The van der Waals surface area contributed by atoms with Gasteiger partial charge >= 0.3 is 0 Å². The SMILES string of the molecule is Cc1ccc(-c2csc3nc(-c4ccc(C)cc4)n(C4CCN(C)CC4)c(=O)c23)cc1. The maximum absolute atomic E-state index is 14.0. The van der Waals surface area contributed by atoms with Crippen LogP contribution in [0, 0.1) is 13.8 Å². The van der Waals surface area contributed by atoms with Crippen LogP contribution < -0.4 is 5.56 Å². The highest BCUT2D eigenvalue weighted by Crippen LogP contribution is 2.34. The lowest BCUT2D eigenvalue weighted by Gasteiger charge is -2.31. The third kappa shape index (κ3) is 3.73. The first-order valence-corrected chi connectivity index (χ1v) is 11.8. The summed E-state index contributed by atoms with van der Waals surface area (Å²) in [5.41, 5.74) is 5.59. The van der Waals surface area contributed by atoms with Gasteiger partial charge in [0.15, 0.2) is 0 Å². The molecule has 0 aliphatic carbocycles. The first kappa shape index (κ1) is 20.2. The van der Waals surface area contributed by atoms with E-state index in [4.69, 9.17) is 4.98 Å². The van der Waals surface area contributed by atoms with Crippen molar-refractivity contribution in [1.29, 1.82) is 0 Å². The van der Waals surface area contributed by atoms with Gasteiger partial charge in [0.1, 0.15) is 10.7 Å². The van der Waals surface area contributed by atoms with Crippen molar-refractivity contribution in [3.05, 3.63) is 75.4 Å². The molecule has 2 aromatic heterocycles. The lowest BCUT2D eigenvalue weighted by atomic mass is 10.0. The minimum Gasteiger partial charge on any atom is -0.306 e. The molecule has 1 fully saturated rings. The number of nitrogens with zero attached hydrogens (tertiary/aromatic N) is 3. The molecule has 31 heavy (non-hydrogen) atoms. The van der Waals surface area contributed by atoms with Crippen LogP contribution in [0.3, 0.4) is 0 Å². The standard InChI is InChI=1S/C26H27N3OS/c1-17-4-8-19(9-5-17)22-16-31-25-23(22)26(30)29(21-12-14-28(3)15-13-21)24(27-25)20-10-6-18(2)7-11-20/h4-11,16,21H,12-15H2,1-3H3. The zero-order valence-electron chi connectivity index (χ0n) is 18.3. The lowest BCUT2D eigenvalue weighted by Crippen LogP contribution is -2.36. The molecule has 0 unspecified atom stereocenters. The number of likely N-dealkylation sites (tertiary alicyclic amines) is 1. The molecule has 0 radical (unpaired) electrons. The van der Waals surface area contributed by atoms with Crippen LogP contribution in [0.4, 0.5) is 0 Å². The Morgan fingerprint density at radius 1 is 0.903 bits per heavy atom. The van der Waals surface area contributed by atoms with Crippen LogP contribution >= 0.6 is 11.3 Å². The van der Waals surface area contributed by atoms with E-state index in [0.29, 0.717) is 0 Å². The molecule has 2 aromatic carbocycles. The highest BCUT2D eigenvalue weighted by atomic mass is 32.1. The molecule has 158 valence electrons. The van der Waals surface area contributed by atoms with Gasteiger partial charge in [-0.1, -0.05) is 59.7 Å². The largest absolute Gasteiger partial charge is 0.306 e. The topological polar surface area (TPSA) is 38.1 Å². The van der Waals surface area contributed by atoms with Gasteiger partial charge in [-0.3, -0.25) is 9.36 Å². The van der Waals surface area contributed by atoms with E-state index in [-0.39, 0.29) is 11.6 Å². The Hall–Kier alpha value is -2.76. The molecule has 1 aliphatic rings. The zero-order valence-corrected chi connectivity index (χ0v) is 19.1. The fourth-order valence-corrected chi connectivity index (χ4v) is 5.38. The summed E-state index contributed by atoms with van der Waals surface area (Å²) in [6.45, 7) is 6.16. The number of hydrogen-bond donors (Lipinski definition) is 0. The van der Waals surface area contributed by atoms with Gasteiger partial charge in [-0.15, -0.1) is 11.3 Å². The van der Waals surface area contributed by atoms with Gasteiger partial charge in [-0.2, -0.15) is 0 Å². The molecule has 3 heterocycles. The Balaban J connectivity index is 1.74. The van der Waals surface area contributed by atoms with Crippen molar-refractivity contribution in [2.75, 3.05) is 20.1 Å². The highest BCUT2D eigenvalue weighted by Gasteiger charge is 2.25. The summed E-state index contributed by atoms with van der Waals surface area (Å²) in [5.74, 6) is 0.796. The van der Waals surface area contributed by atoms with Gasteiger partial charge < -0.3 is 4.90 Å². The van der Waals surface area contributed by atoms with Gasteiger partial charge in [0.05, 0.1) is 5.39 Å². The Kier molecular flexibility index (Phi) is 5.24. The molecule has 5 heteroatoms. The van der Waals surface area contributed by atoms with E-state index < -0.39 is 0 Å². The van der Waals surface area contributed by atoms with E-state index in [1.54, 1.807) is 11.3 Å². The maximum Gasteiger partial charge on any atom is 0.263 e. The molecule has 0 amide bonds. The Morgan fingerprint density at radius 2 is 1.48 bits per heavy atom. The van der Waals surface area contributed by atoms with Crippen molar-refractivity contribution in [2.24, 2.45) is 0 Å². The lowest BCUT2D eigenvalue weighted by molar-refractivity contribution is 0.219. The molecule has 1 aliphatic heterocycles. The predicted octanol–water partition coefficient (Wildman–Crippen LogP) is 5.68. The summed E-state index contributed by atoms with van der Waals surface area (Å²) in [7, 11) is 2.15. The molecule has 4 nitrogen and oxygen atoms in total. The molecular formula is C26H27N3OS. The van der Waals surface area contributed by atoms with Crippen molar-refractivity contribution >= 4 is 21.6 Å². The Bertz CT molecular complexity index is 1280. The second-order valence-corrected chi connectivity index (χ2v) is 9.56. The summed E-state index contributed by atoms with van der Waals surface area (Å²) in [6.07, 6.45) is 1.93. The quantitative estimate of drug-likeness (QED) is 0.421. The van der Waals surface area contributed by atoms with Gasteiger partial charge in [-0.05, 0) is 52.4 Å². The average Bonchev–Trinajstić information content (AvgIpc) is 3.20. The Labute approximate surface area is 186 Å². The Morgan fingerprint density at radius 3 is 2.10 bits per heavy atom. The van der Waals surface area contributed by atoms with Crippen molar-refractivity contribution in [2.45, 2.75) is 32.7 Å². The second-order valence-electron chi connectivity index (χ2n) is 8.71. The minimum absolute atomic E-state index is 0.0898. The third-order valence-electron chi connectivity index (χ3n) is 6.37. The van der Waals surface area contributed by atoms with Gasteiger partial charge in [0, 0.05) is 22.5 Å². The molecular weight excluding hydrogens is 402 g/mol. The van der Waals surface area contributed by atoms with E-state index >= 15 is 0 Å². The van der Waals surface area contributed by atoms with E-state index in [1.807, 2.05) is 4.57 Å².